The van der Waals surface area contributed by atoms with E-state index in [0.29, 0.717) is 23.5 Å². The van der Waals surface area contributed by atoms with Crippen molar-refractivity contribution >= 4 is 16.1 Å². The number of alkyl halides is 3. The van der Waals surface area contributed by atoms with Crippen LogP contribution in [-0.4, -0.2) is 38.1 Å². The van der Waals surface area contributed by atoms with Crippen molar-refractivity contribution in [3.63, 3.8) is 0 Å². The zero-order valence-corrected chi connectivity index (χ0v) is 19.5. The third kappa shape index (κ3) is 5.89. The topological polar surface area (TPSA) is 108 Å². The normalized spacial score (nSPS) is 16.1. The summed E-state index contributed by atoms with van der Waals surface area (Å²) < 4.78 is 80.1. The molecule has 1 heterocycles. The van der Waals surface area contributed by atoms with E-state index in [9.17, 15) is 26.4 Å². The summed E-state index contributed by atoms with van der Waals surface area (Å²) >= 11 is 0. The van der Waals surface area contributed by atoms with E-state index < -0.39 is 35.1 Å². The first-order valence-electron chi connectivity index (χ1n) is 10.7. The summed E-state index contributed by atoms with van der Waals surface area (Å²) in [5.74, 6) is 0.635. The lowest BCUT2D eigenvalue weighted by atomic mass is 10.00. The predicted molar refractivity (Wildman–Crippen MR) is 122 cm³/mol. The Kier molecular flexibility index (Phi) is 7.09. The molecule has 3 aromatic carbocycles. The molecule has 1 atom stereocenters. The molecule has 1 aliphatic heterocycles. The van der Waals surface area contributed by atoms with Gasteiger partial charge in [-0.3, -0.25) is 0 Å². The van der Waals surface area contributed by atoms with Crippen molar-refractivity contribution in [1.82, 2.24) is 4.31 Å². The first-order valence-corrected chi connectivity index (χ1v) is 12.1. The molecule has 0 unspecified atom stereocenters. The summed E-state index contributed by atoms with van der Waals surface area (Å²) in [6.45, 7) is -1.32. The SMILES string of the molecule is NC(=O)O[C@@H]1c2ccccc2CCN1S(=O)(=O)c1ccc(Oc2ccc(OCC(F)(F)F)cc2)cc1. The Morgan fingerprint density at radius 2 is 1.53 bits per heavy atom. The maximum atomic E-state index is 13.4. The van der Waals surface area contributed by atoms with Gasteiger partial charge in [0.1, 0.15) is 17.2 Å². The van der Waals surface area contributed by atoms with Gasteiger partial charge in [0.2, 0.25) is 10.0 Å². The number of hydrogen-bond donors (Lipinski definition) is 1. The number of hydrogen-bond acceptors (Lipinski definition) is 6. The van der Waals surface area contributed by atoms with Crippen LogP contribution in [0.5, 0.6) is 17.2 Å². The lowest BCUT2D eigenvalue weighted by Gasteiger charge is -2.35. The molecule has 1 amide bonds. The van der Waals surface area contributed by atoms with Crippen molar-refractivity contribution in [2.24, 2.45) is 5.73 Å². The summed E-state index contributed by atoms with van der Waals surface area (Å²) in [7, 11) is -4.08. The van der Waals surface area contributed by atoms with E-state index in [1.165, 1.54) is 48.5 Å². The number of rotatable bonds is 7. The highest BCUT2D eigenvalue weighted by Gasteiger charge is 2.38. The van der Waals surface area contributed by atoms with E-state index in [0.717, 1.165) is 9.87 Å². The standard InChI is InChI=1S/C24H21F3N2O6S/c25-24(26,27)15-33-17-5-7-18(8-6-17)34-19-9-11-20(12-10-19)36(31,32)29-14-13-16-3-1-2-4-21(16)22(29)35-23(28)30/h1-12,22H,13-15H2,(H2,28,30)/t22-/m1/s1. The second-order valence-electron chi connectivity index (χ2n) is 7.80. The minimum Gasteiger partial charge on any atom is -0.484 e. The van der Waals surface area contributed by atoms with Gasteiger partial charge in [-0.25, -0.2) is 13.2 Å². The summed E-state index contributed by atoms with van der Waals surface area (Å²) in [5, 5.41) is 0. The monoisotopic (exact) mass is 522 g/mol. The van der Waals surface area contributed by atoms with Gasteiger partial charge in [0.25, 0.3) is 0 Å². The van der Waals surface area contributed by atoms with Crippen LogP contribution in [0.25, 0.3) is 0 Å². The van der Waals surface area contributed by atoms with Crippen LogP contribution in [0, 0.1) is 0 Å². The molecule has 0 spiro atoms. The second-order valence-corrected chi connectivity index (χ2v) is 9.69. The Labute approximate surface area is 205 Å². The second kappa shape index (κ2) is 10.1. The molecule has 0 saturated carbocycles. The van der Waals surface area contributed by atoms with Crippen LogP contribution in [-0.2, 0) is 21.2 Å². The van der Waals surface area contributed by atoms with Crippen molar-refractivity contribution in [3.8, 4) is 17.2 Å². The van der Waals surface area contributed by atoms with Crippen LogP contribution in [0.1, 0.15) is 17.4 Å². The fourth-order valence-electron chi connectivity index (χ4n) is 3.70. The first kappa shape index (κ1) is 25.3. The lowest BCUT2D eigenvalue weighted by molar-refractivity contribution is -0.153. The average molecular weight is 523 g/mol. The molecule has 0 radical (unpaired) electrons. The van der Waals surface area contributed by atoms with Crippen LogP contribution >= 0.6 is 0 Å². The molecule has 0 bridgehead atoms. The van der Waals surface area contributed by atoms with Crippen molar-refractivity contribution < 1.29 is 40.6 Å². The number of nitrogens with two attached hydrogens (primary N) is 1. The van der Waals surface area contributed by atoms with Crippen molar-refractivity contribution in [3.05, 3.63) is 83.9 Å². The number of halogens is 3. The molecule has 2 N–H and O–H groups in total. The number of fused-ring (bicyclic) bond motifs is 1. The maximum absolute atomic E-state index is 13.4. The van der Waals surface area contributed by atoms with E-state index in [4.69, 9.17) is 15.2 Å². The van der Waals surface area contributed by atoms with Gasteiger partial charge in [-0.2, -0.15) is 17.5 Å². The molecular formula is C24H21F3N2O6S. The number of carbonyl (C=O) groups is 1. The smallest absolute Gasteiger partial charge is 0.422 e. The zero-order valence-electron chi connectivity index (χ0n) is 18.6. The number of amides is 1. The summed E-state index contributed by atoms with van der Waals surface area (Å²) in [5.41, 5.74) is 6.60. The van der Waals surface area contributed by atoms with E-state index in [1.807, 2.05) is 12.1 Å². The average Bonchev–Trinajstić information content (AvgIpc) is 2.83. The van der Waals surface area contributed by atoms with Crippen LogP contribution in [0.3, 0.4) is 0 Å². The molecule has 0 saturated heterocycles. The molecule has 1 aliphatic rings. The quantitative estimate of drug-likeness (QED) is 0.479. The van der Waals surface area contributed by atoms with Crippen LogP contribution in [0.4, 0.5) is 18.0 Å². The van der Waals surface area contributed by atoms with Crippen molar-refractivity contribution in [2.75, 3.05) is 13.2 Å². The van der Waals surface area contributed by atoms with Gasteiger partial charge in [-0.1, -0.05) is 24.3 Å². The van der Waals surface area contributed by atoms with Gasteiger partial charge in [-0.15, -0.1) is 0 Å². The molecule has 0 aliphatic carbocycles. The molecule has 12 heteroatoms. The summed E-state index contributed by atoms with van der Waals surface area (Å²) in [6.07, 6.45) is -6.32. The van der Waals surface area contributed by atoms with Gasteiger partial charge >= 0.3 is 12.3 Å². The number of carbonyl (C=O) groups excluding carboxylic acids is 1. The highest BCUT2D eigenvalue weighted by molar-refractivity contribution is 7.89. The Bertz CT molecular complexity index is 1330. The Morgan fingerprint density at radius 1 is 0.944 bits per heavy atom. The summed E-state index contributed by atoms with van der Waals surface area (Å²) in [4.78, 5) is 11.5. The fourth-order valence-corrected chi connectivity index (χ4v) is 5.20. The van der Waals surface area contributed by atoms with Gasteiger partial charge in [0.05, 0.1) is 4.90 Å². The lowest BCUT2D eigenvalue weighted by Crippen LogP contribution is -2.42. The van der Waals surface area contributed by atoms with Crippen LogP contribution in [0.2, 0.25) is 0 Å². The molecular weight excluding hydrogens is 501 g/mol. The van der Waals surface area contributed by atoms with E-state index in [2.05, 4.69) is 4.74 Å². The van der Waals surface area contributed by atoms with E-state index >= 15 is 0 Å². The predicted octanol–water partition coefficient (Wildman–Crippen LogP) is 4.76. The largest absolute Gasteiger partial charge is 0.484 e. The number of benzene rings is 3. The highest BCUT2D eigenvalue weighted by atomic mass is 32.2. The molecule has 190 valence electrons. The van der Waals surface area contributed by atoms with E-state index in [-0.39, 0.29) is 17.2 Å². The minimum absolute atomic E-state index is 0.0250. The number of sulfonamides is 1. The zero-order chi connectivity index (χ0) is 25.9. The maximum Gasteiger partial charge on any atom is 0.422 e. The minimum atomic E-state index is -4.44. The molecule has 0 fully saturated rings. The molecule has 36 heavy (non-hydrogen) atoms. The van der Waals surface area contributed by atoms with Crippen molar-refractivity contribution in [1.29, 1.82) is 0 Å². The third-order valence-corrected chi connectivity index (χ3v) is 7.16. The van der Waals surface area contributed by atoms with Gasteiger partial charge in [0, 0.05) is 12.1 Å². The van der Waals surface area contributed by atoms with Gasteiger partial charge < -0.3 is 19.9 Å². The molecule has 0 aromatic heterocycles. The highest BCUT2D eigenvalue weighted by Crippen LogP contribution is 2.35. The van der Waals surface area contributed by atoms with Crippen LogP contribution in [0.15, 0.2) is 77.7 Å². The Balaban J connectivity index is 1.49. The van der Waals surface area contributed by atoms with Crippen molar-refractivity contribution in [2.45, 2.75) is 23.7 Å². The van der Waals surface area contributed by atoms with Crippen LogP contribution < -0.4 is 15.2 Å². The van der Waals surface area contributed by atoms with E-state index in [1.54, 1.807) is 12.1 Å². The molecule has 4 rings (SSSR count). The Morgan fingerprint density at radius 3 is 2.14 bits per heavy atom. The first-order chi connectivity index (χ1) is 17.0. The summed E-state index contributed by atoms with van der Waals surface area (Å²) in [6, 6.07) is 18.1. The molecule has 3 aromatic rings. The number of nitrogens with zero attached hydrogens (tertiary/aromatic N) is 1. The number of primary amides is 1. The fraction of sp³-hybridized carbons (Fsp3) is 0.208. The van der Waals surface area contributed by atoms with Gasteiger partial charge in [0.15, 0.2) is 12.8 Å². The molecule has 8 nitrogen and oxygen atoms in total. The third-order valence-electron chi connectivity index (χ3n) is 5.30. The van der Waals surface area contributed by atoms with Gasteiger partial charge in [-0.05, 0) is 60.5 Å². The number of ether oxygens (including phenoxy) is 3. The Hall–Kier alpha value is -3.77.